The zero-order valence-electron chi connectivity index (χ0n) is 17.3. The molecule has 162 valence electrons. The van der Waals surface area contributed by atoms with E-state index in [4.69, 9.17) is 4.42 Å². The van der Waals surface area contributed by atoms with Crippen LogP contribution in [0.3, 0.4) is 0 Å². The van der Waals surface area contributed by atoms with E-state index in [0.29, 0.717) is 5.56 Å². The molecule has 0 unspecified atom stereocenters. The van der Waals surface area contributed by atoms with Crippen LogP contribution < -0.4 is 5.32 Å². The van der Waals surface area contributed by atoms with Crippen molar-refractivity contribution < 1.29 is 23.9 Å². The summed E-state index contributed by atoms with van der Waals surface area (Å²) in [5.74, 6) is -1.46. The van der Waals surface area contributed by atoms with Gasteiger partial charge in [-0.2, -0.15) is 0 Å². The number of benzene rings is 3. The molecule has 0 aliphatic rings. The summed E-state index contributed by atoms with van der Waals surface area (Å²) < 4.78 is 5.81. The molecule has 0 bridgehead atoms. The molecule has 6 nitrogen and oxygen atoms in total. The average Bonchev–Trinajstić information content (AvgIpc) is 3.17. The van der Waals surface area contributed by atoms with Crippen molar-refractivity contribution >= 4 is 50.7 Å². The van der Waals surface area contributed by atoms with Gasteiger partial charge in [0.2, 0.25) is 5.12 Å². The van der Waals surface area contributed by atoms with Gasteiger partial charge < -0.3 is 14.8 Å². The number of rotatable bonds is 7. The van der Waals surface area contributed by atoms with Gasteiger partial charge in [-0.25, -0.2) is 0 Å². The summed E-state index contributed by atoms with van der Waals surface area (Å²) in [6.45, 7) is 1.55. The van der Waals surface area contributed by atoms with Crippen LogP contribution in [0.5, 0.6) is 0 Å². The Morgan fingerprint density at radius 1 is 0.938 bits per heavy atom. The van der Waals surface area contributed by atoms with Crippen LogP contribution in [0, 0.1) is 0 Å². The molecule has 1 amide bonds. The SMILES string of the molecule is C[C@H](NC(=O)c1ccccc1)C(=O)S[C@@H](Cc1ccc2oc3ccccc3c2c1)C(=O)O. The van der Waals surface area contributed by atoms with E-state index in [1.165, 1.54) is 0 Å². The number of carbonyl (C=O) groups excluding carboxylic acids is 2. The normalized spacial score (nSPS) is 13.0. The van der Waals surface area contributed by atoms with Gasteiger partial charge in [0.15, 0.2) is 0 Å². The number of amides is 1. The second kappa shape index (κ2) is 9.28. The van der Waals surface area contributed by atoms with Gasteiger partial charge in [-0.3, -0.25) is 14.4 Å². The van der Waals surface area contributed by atoms with Crippen molar-refractivity contribution in [1.82, 2.24) is 5.32 Å². The Morgan fingerprint density at radius 3 is 2.38 bits per heavy atom. The van der Waals surface area contributed by atoms with Crippen molar-refractivity contribution in [2.24, 2.45) is 0 Å². The van der Waals surface area contributed by atoms with Crippen molar-refractivity contribution in [1.29, 1.82) is 0 Å². The molecule has 1 heterocycles. The minimum Gasteiger partial charge on any atom is -0.480 e. The third-order valence-corrected chi connectivity index (χ3v) is 6.37. The lowest BCUT2D eigenvalue weighted by atomic mass is 10.1. The Balaban J connectivity index is 1.46. The van der Waals surface area contributed by atoms with Crippen LogP contribution in [-0.2, 0) is 16.0 Å². The van der Waals surface area contributed by atoms with E-state index in [9.17, 15) is 19.5 Å². The number of hydrogen-bond donors (Lipinski definition) is 2. The molecule has 1 aromatic heterocycles. The van der Waals surface area contributed by atoms with Crippen LogP contribution in [0.4, 0.5) is 0 Å². The third kappa shape index (κ3) is 4.68. The Kier molecular flexibility index (Phi) is 6.28. The Bertz CT molecular complexity index is 1300. The van der Waals surface area contributed by atoms with Gasteiger partial charge in [0.25, 0.3) is 5.91 Å². The average molecular weight is 448 g/mol. The van der Waals surface area contributed by atoms with Gasteiger partial charge in [-0.05, 0) is 49.2 Å². The minimum atomic E-state index is -1.08. The molecule has 7 heteroatoms. The van der Waals surface area contributed by atoms with Crippen LogP contribution in [0.15, 0.2) is 77.2 Å². The summed E-state index contributed by atoms with van der Waals surface area (Å²) in [4.78, 5) is 36.8. The number of hydrogen-bond acceptors (Lipinski definition) is 5. The van der Waals surface area contributed by atoms with Gasteiger partial charge in [0, 0.05) is 16.3 Å². The maximum Gasteiger partial charge on any atom is 0.317 e. The molecule has 2 atom stereocenters. The number of thioether (sulfide) groups is 1. The largest absolute Gasteiger partial charge is 0.480 e. The zero-order valence-corrected chi connectivity index (χ0v) is 18.1. The maximum atomic E-state index is 12.6. The van der Waals surface area contributed by atoms with Crippen molar-refractivity contribution in [2.45, 2.75) is 24.6 Å². The predicted molar refractivity (Wildman–Crippen MR) is 125 cm³/mol. The fourth-order valence-corrected chi connectivity index (χ4v) is 4.38. The molecule has 0 fully saturated rings. The van der Waals surface area contributed by atoms with Gasteiger partial charge in [0.1, 0.15) is 16.4 Å². The molecule has 0 aliphatic carbocycles. The van der Waals surface area contributed by atoms with Gasteiger partial charge >= 0.3 is 5.97 Å². The first kappa shape index (κ1) is 21.6. The standard InChI is InChI=1S/C25H21NO5S/c1-15(26-23(27)17-7-3-2-4-8-17)25(30)32-22(24(28)29)14-16-11-12-21-19(13-16)18-9-5-6-10-20(18)31-21/h2-13,15,22H,14H2,1H3,(H,26,27)(H,28,29)/t15-,22-/m0/s1. The lowest BCUT2D eigenvalue weighted by Crippen LogP contribution is -2.38. The maximum absolute atomic E-state index is 12.6. The van der Waals surface area contributed by atoms with Crippen LogP contribution in [-0.4, -0.2) is 33.4 Å². The number of furan rings is 1. The molecule has 32 heavy (non-hydrogen) atoms. The molecule has 0 radical (unpaired) electrons. The Labute approximate surface area is 188 Å². The number of carbonyl (C=O) groups is 3. The van der Waals surface area contributed by atoms with Crippen molar-refractivity contribution in [2.75, 3.05) is 0 Å². The quantitative estimate of drug-likeness (QED) is 0.428. The highest BCUT2D eigenvalue weighted by Gasteiger charge is 2.26. The number of fused-ring (bicyclic) bond motifs is 3. The molecule has 4 rings (SSSR count). The first-order valence-electron chi connectivity index (χ1n) is 10.1. The summed E-state index contributed by atoms with van der Waals surface area (Å²) in [7, 11) is 0. The third-order valence-electron chi connectivity index (χ3n) is 5.13. The Hall–Kier alpha value is -3.58. The van der Waals surface area contributed by atoms with E-state index >= 15 is 0 Å². The first-order valence-corrected chi connectivity index (χ1v) is 11.0. The van der Waals surface area contributed by atoms with Crippen LogP contribution in [0.2, 0.25) is 0 Å². The second-order valence-electron chi connectivity index (χ2n) is 7.46. The van der Waals surface area contributed by atoms with Crippen LogP contribution in [0.1, 0.15) is 22.8 Å². The summed E-state index contributed by atoms with van der Waals surface area (Å²) in [5.41, 5.74) is 2.72. The molecule has 2 N–H and O–H groups in total. The molecule has 3 aromatic carbocycles. The van der Waals surface area contributed by atoms with Crippen LogP contribution >= 0.6 is 11.8 Å². The number of carboxylic acids is 1. The number of aliphatic carboxylic acids is 1. The second-order valence-corrected chi connectivity index (χ2v) is 8.66. The monoisotopic (exact) mass is 447 g/mol. The van der Waals surface area contributed by atoms with Crippen molar-refractivity contribution in [3.63, 3.8) is 0 Å². The van der Waals surface area contributed by atoms with E-state index in [1.807, 2.05) is 42.5 Å². The highest BCUT2D eigenvalue weighted by Crippen LogP contribution is 2.30. The molecule has 0 aliphatic heterocycles. The fraction of sp³-hybridized carbons (Fsp3) is 0.160. The lowest BCUT2D eigenvalue weighted by molar-refractivity contribution is -0.136. The van der Waals surface area contributed by atoms with E-state index in [0.717, 1.165) is 39.3 Å². The minimum absolute atomic E-state index is 0.167. The highest BCUT2D eigenvalue weighted by atomic mass is 32.2. The van der Waals surface area contributed by atoms with E-state index in [-0.39, 0.29) is 12.3 Å². The van der Waals surface area contributed by atoms with E-state index in [1.54, 1.807) is 37.3 Å². The van der Waals surface area contributed by atoms with E-state index in [2.05, 4.69) is 5.32 Å². The van der Waals surface area contributed by atoms with Gasteiger partial charge in [0.05, 0.1) is 6.04 Å². The molecule has 0 spiro atoms. The first-order chi connectivity index (χ1) is 15.4. The van der Waals surface area contributed by atoms with Gasteiger partial charge in [-0.15, -0.1) is 0 Å². The highest BCUT2D eigenvalue weighted by molar-refractivity contribution is 8.14. The molecular formula is C25H21NO5S. The Morgan fingerprint density at radius 2 is 1.62 bits per heavy atom. The molecule has 0 saturated heterocycles. The fourth-order valence-electron chi connectivity index (χ4n) is 3.46. The summed E-state index contributed by atoms with van der Waals surface area (Å²) in [5, 5.41) is 12.8. The number of carboxylic acid groups (broad SMARTS) is 1. The summed E-state index contributed by atoms with van der Waals surface area (Å²) in [6, 6.07) is 20.9. The molecule has 0 saturated carbocycles. The smallest absolute Gasteiger partial charge is 0.317 e. The molecular weight excluding hydrogens is 426 g/mol. The summed E-state index contributed by atoms with van der Waals surface area (Å²) >= 11 is 0.727. The van der Waals surface area contributed by atoms with Gasteiger partial charge in [-0.1, -0.05) is 54.2 Å². The zero-order chi connectivity index (χ0) is 22.7. The summed E-state index contributed by atoms with van der Waals surface area (Å²) in [6.07, 6.45) is 0.167. The topological polar surface area (TPSA) is 96.6 Å². The number of nitrogens with one attached hydrogen (secondary N) is 1. The molecule has 4 aromatic rings. The lowest BCUT2D eigenvalue weighted by Gasteiger charge is -2.16. The predicted octanol–water partition coefficient (Wildman–Crippen LogP) is 4.66. The van der Waals surface area contributed by atoms with Crippen LogP contribution in [0.25, 0.3) is 21.9 Å². The van der Waals surface area contributed by atoms with Crippen molar-refractivity contribution in [3.05, 3.63) is 83.9 Å². The number of para-hydroxylation sites is 1. The van der Waals surface area contributed by atoms with Crippen molar-refractivity contribution in [3.8, 4) is 0 Å². The van der Waals surface area contributed by atoms with E-state index < -0.39 is 22.4 Å².